The summed E-state index contributed by atoms with van der Waals surface area (Å²) in [5, 5.41) is 0.285. The van der Waals surface area contributed by atoms with E-state index in [1.807, 2.05) is 0 Å². The van der Waals surface area contributed by atoms with Gasteiger partial charge in [-0.05, 0) is 6.07 Å². The summed E-state index contributed by atoms with van der Waals surface area (Å²) in [7, 11) is 0. The minimum Gasteiger partial charge on any atom is -0.399 e. The van der Waals surface area contributed by atoms with Crippen LogP contribution in [0, 0.1) is 0 Å². The lowest BCUT2D eigenvalue weighted by atomic mass is 10.1. The lowest BCUT2D eigenvalue weighted by molar-refractivity contribution is -0.0221. The molecule has 1 aromatic heterocycles. The Morgan fingerprint density at radius 3 is 2.50 bits per heavy atom. The Labute approximate surface area is 97.2 Å². The van der Waals surface area contributed by atoms with Crippen molar-refractivity contribution in [2.24, 2.45) is 0 Å². The van der Waals surface area contributed by atoms with Crippen molar-refractivity contribution >= 4 is 23.1 Å². The van der Waals surface area contributed by atoms with E-state index in [4.69, 9.17) is 17.3 Å². The number of nitrogen functional groups attached to an aromatic ring is 1. The molecule has 0 amide bonds. The van der Waals surface area contributed by atoms with E-state index < -0.39 is 5.92 Å². The first kappa shape index (κ1) is 11.4. The summed E-state index contributed by atoms with van der Waals surface area (Å²) in [5.74, 6) is -1.99. The molecule has 0 aromatic carbocycles. The van der Waals surface area contributed by atoms with Gasteiger partial charge in [-0.25, -0.2) is 13.8 Å². The second kappa shape index (κ2) is 4.05. The Morgan fingerprint density at radius 2 is 1.94 bits per heavy atom. The predicted octanol–water partition coefficient (Wildman–Crippen LogP) is 2.55. The van der Waals surface area contributed by atoms with Gasteiger partial charge < -0.3 is 10.6 Å². The number of aromatic nitrogens is 1. The number of nitrogens with zero attached hydrogens (tertiary/aromatic N) is 2. The third-order valence-corrected chi connectivity index (χ3v) is 2.82. The molecular weight excluding hydrogens is 236 g/mol. The fraction of sp³-hybridized carbons (Fsp3) is 0.500. The summed E-state index contributed by atoms with van der Waals surface area (Å²) in [5.41, 5.74) is 6.11. The first-order chi connectivity index (χ1) is 7.46. The summed E-state index contributed by atoms with van der Waals surface area (Å²) in [6.45, 7) is 0.555. The number of alkyl halides is 2. The maximum atomic E-state index is 13.0. The molecule has 6 heteroatoms. The highest BCUT2D eigenvalue weighted by Crippen LogP contribution is 2.30. The zero-order valence-corrected chi connectivity index (χ0v) is 9.34. The molecule has 3 nitrogen and oxygen atoms in total. The molecule has 0 bridgehead atoms. The summed E-state index contributed by atoms with van der Waals surface area (Å²) in [6.07, 6.45) is -0.303. The lowest BCUT2D eigenvalue weighted by Gasteiger charge is -2.32. The second-order valence-corrected chi connectivity index (χ2v) is 4.31. The van der Waals surface area contributed by atoms with Crippen LogP contribution in [0.3, 0.4) is 0 Å². The number of nitrogens with two attached hydrogens (primary N) is 1. The zero-order valence-electron chi connectivity index (χ0n) is 8.59. The van der Waals surface area contributed by atoms with E-state index in [1.165, 1.54) is 6.07 Å². The van der Waals surface area contributed by atoms with Gasteiger partial charge in [0.05, 0.1) is 0 Å². The summed E-state index contributed by atoms with van der Waals surface area (Å²) >= 11 is 5.76. The van der Waals surface area contributed by atoms with Gasteiger partial charge in [-0.15, -0.1) is 0 Å². The molecule has 0 aliphatic carbocycles. The minimum absolute atomic E-state index is 0.152. The van der Waals surface area contributed by atoms with Gasteiger partial charge in [0.15, 0.2) is 0 Å². The molecule has 1 aliphatic heterocycles. The SMILES string of the molecule is Nc1cc(Cl)nc(N2CCC(F)(F)CC2)c1. The van der Waals surface area contributed by atoms with Crippen molar-refractivity contribution in [1.29, 1.82) is 0 Å². The zero-order chi connectivity index (χ0) is 11.8. The first-order valence-electron chi connectivity index (χ1n) is 5.02. The van der Waals surface area contributed by atoms with E-state index in [2.05, 4.69) is 4.98 Å². The lowest BCUT2D eigenvalue weighted by Crippen LogP contribution is -2.39. The van der Waals surface area contributed by atoms with E-state index >= 15 is 0 Å². The van der Waals surface area contributed by atoms with Gasteiger partial charge in [0, 0.05) is 37.7 Å². The third kappa shape index (κ3) is 2.52. The van der Waals surface area contributed by atoms with Crippen LogP contribution in [0.4, 0.5) is 20.3 Å². The Morgan fingerprint density at radius 1 is 1.31 bits per heavy atom. The van der Waals surface area contributed by atoms with Crippen molar-refractivity contribution in [1.82, 2.24) is 4.98 Å². The average molecular weight is 248 g/mol. The van der Waals surface area contributed by atoms with E-state index in [9.17, 15) is 8.78 Å². The van der Waals surface area contributed by atoms with Crippen molar-refractivity contribution in [3.05, 3.63) is 17.3 Å². The van der Waals surface area contributed by atoms with Crippen LogP contribution in [0.5, 0.6) is 0 Å². The number of pyridine rings is 1. The maximum Gasteiger partial charge on any atom is 0.251 e. The molecule has 0 saturated carbocycles. The van der Waals surface area contributed by atoms with Gasteiger partial charge in [-0.2, -0.15) is 0 Å². The fourth-order valence-electron chi connectivity index (χ4n) is 1.73. The van der Waals surface area contributed by atoms with Crippen molar-refractivity contribution < 1.29 is 8.78 Å². The van der Waals surface area contributed by atoms with E-state index in [1.54, 1.807) is 11.0 Å². The first-order valence-corrected chi connectivity index (χ1v) is 5.40. The van der Waals surface area contributed by atoms with E-state index in [-0.39, 0.29) is 31.1 Å². The average Bonchev–Trinajstić information content (AvgIpc) is 2.15. The number of rotatable bonds is 1. The van der Waals surface area contributed by atoms with Gasteiger partial charge in [0.2, 0.25) is 0 Å². The Bertz CT molecular complexity index is 367. The number of hydrogen-bond donors (Lipinski definition) is 1. The van der Waals surface area contributed by atoms with Crippen molar-refractivity contribution in [2.75, 3.05) is 23.7 Å². The van der Waals surface area contributed by atoms with Crippen LogP contribution in [0.15, 0.2) is 12.1 Å². The van der Waals surface area contributed by atoms with Crippen LogP contribution in [-0.2, 0) is 0 Å². The number of hydrogen-bond acceptors (Lipinski definition) is 3. The molecule has 2 rings (SSSR count). The van der Waals surface area contributed by atoms with Crippen LogP contribution in [0.1, 0.15) is 12.8 Å². The normalized spacial score (nSPS) is 19.8. The van der Waals surface area contributed by atoms with E-state index in [0.717, 1.165) is 0 Å². The highest BCUT2D eigenvalue weighted by molar-refractivity contribution is 6.29. The summed E-state index contributed by atoms with van der Waals surface area (Å²) < 4.78 is 25.9. The summed E-state index contributed by atoms with van der Waals surface area (Å²) in [6, 6.07) is 3.18. The third-order valence-electron chi connectivity index (χ3n) is 2.62. The van der Waals surface area contributed by atoms with Gasteiger partial charge >= 0.3 is 0 Å². The smallest absolute Gasteiger partial charge is 0.251 e. The molecular formula is C10H12ClF2N3. The van der Waals surface area contributed by atoms with Crippen LogP contribution in [-0.4, -0.2) is 24.0 Å². The second-order valence-electron chi connectivity index (χ2n) is 3.92. The van der Waals surface area contributed by atoms with Crippen LogP contribution in [0.25, 0.3) is 0 Å². The molecule has 1 aliphatic rings. The molecule has 0 radical (unpaired) electrons. The number of piperidine rings is 1. The molecule has 1 fully saturated rings. The molecule has 0 spiro atoms. The topological polar surface area (TPSA) is 42.1 Å². The number of halogens is 3. The quantitative estimate of drug-likeness (QED) is 0.776. The fourth-order valence-corrected chi connectivity index (χ4v) is 1.94. The van der Waals surface area contributed by atoms with Crippen molar-refractivity contribution in [3.8, 4) is 0 Å². The molecule has 88 valence electrons. The minimum atomic E-state index is -2.55. The Kier molecular flexibility index (Phi) is 2.88. The van der Waals surface area contributed by atoms with E-state index in [0.29, 0.717) is 11.5 Å². The molecule has 0 atom stereocenters. The number of anilines is 2. The van der Waals surface area contributed by atoms with Gasteiger partial charge in [0.25, 0.3) is 5.92 Å². The maximum absolute atomic E-state index is 13.0. The van der Waals surface area contributed by atoms with Crippen LogP contribution >= 0.6 is 11.6 Å². The predicted molar refractivity (Wildman–Crippen MR) is 60.1 cm³/mol. The van der Waals surface area contributed by atoms with Crippen molar-refractivity contribution in [2.45, 2.75) is 18.8 Å². The highest BCUT2D eigenvalue weighted by atomic mass is 35.5. The van der Waals surface area contributed by atoms with Crippen LogP contribution < -0.4 is 10.6 Å². The summed E-state index contributed by atoms with van der Waals surface area (Å²) in [4.78, 5) is 5.85. The van der Waals surface area contributed by atoms with Gasteiger partial charge in [-0.1, -0.05) is 11.6 Å². The monoisotopic (exact) mass is 247 g/mol. The van der Waals surface area contributed by atoms with Gasteiger partial charge in [-0.3, -0.25) is 0 Å². The molecule has 2 N–H and O–H groups in total. The van der Waals surface area contributed by atoms with Crippen molar-refractivity contribution in [3.63, 3.8) is 0 Å². The molecule has 0 unspecified atom stereocenters. The standard InChI is InChI=1S/C10H12ClF2N3/c11-8-5-7(14)6-9(15-8)16-3-1-10(12,13)2-4-16/h5-6H,1-4H2,(H2,14,15). The van der Waals surface area contributed by atoms with Crippen LogP contribution in [0.2, 0.25) is 5.15 Å². The Hall–Kier alpha value is -1.10. The molecule has 2 heterocycles. The molecule has 16 heavy (non-hydrogen) atoms. The molecule has 1 saturated heterocycles. The largest absolute Gasteiger partial charge is 0.399 e. The highest BCUT2D eigenvalue weighted by Gasteiger charge is 2.34. The van der Waals surface area contributed by atoms with Gasteiger partial charge in [0.1, 0.15) is 11.0 Å². The Balaban J connectivity index is 2.14. The molecule has 1 aromatic rings.